The number of esters is 1. The van der Waals surface area contributed by atoms with E-state index in [1.807, 2.05) is 0 Å². The summed E-state index contributed by atoms with van der Waals surface area (Å²) in [7, 11) is 1.51. The molecule has 140 valence electrons. The van der Waals surface area contributed by atoms with Crippen molar-refractivity contribution in [1.82, 2.24) is 0 Å². The second-order valence-electron chi connectivity index (χ2n) is 9.74. The molecule has 3 saturated carbocycles. The molecule has 3 fully saturated rings. The van der Waals surface area contributed by atoms with E-state index in [0.717, 1.165) is 44.9 Å². The predicted octanol–water partition coefficient (Wildman–Crippen LogP) is 3.22. The molecule has 0 unspecified atom stereocenters. The topological polar surface area (TPSA) is 66.8 Å². The molecule has 0 saturated heterocycles. The average molecular weight is 348 g/mol. The van der Waals surface area contributed by atoms with E-state index in [1.54, 1.807) is 0 Å². The maximum atomic E-state index is 12.6. The second kappa shape index (κ2) is 5.32. The maximum absolute atomic E-state index is 12.6. The van der Waals surface area contributed by atoms with Gasteiger partial charge in [-0.1, -0.05) is 25.0 Å². The molecule has 6 atom stereocenters. The third kappa shape index (κ3) is 2.10. The van der Waals surface area contributed by atoms with Crippen molar-refractivity contribution in [3.63, 3.8) is 0 Å². The van der Waals surface area contributed by atoms with E-state index in [9.17, 15) is 15.0 Å². The van der Waals surface area contributed by atoms with Crippen LogP contribution in [0.15, 0.2) is 11.6 Å². The highest BCUT2D eigenvalue weighted by Crippen LogP contribution is 2.71. The minimum Gasteiger partial charge on any atom is -0.469 e. The third-order valence-corrected chi connectivity index (χ3v) is 8.60. The summed E-state index contributed by atoms with van der Waals surface area (Å²) in [6.45, 7) is 4.31. The lowest BCUT2D eigenvalue weighted by atomic mass is 9.44. The smallest absolute Gasteiger partial charge is 0.311 e. The van der Waals surface area contributed by atoms with Crippen molar-refractivity contribution in [3.05, 3.63) is 11.6 Å². The van der Waals surface area contributed by atoms with Crippen LogP contribution in [0.2, 0.25) is 0 Å². The van der Waals surface area contributed by atoms with Crippen molar-refractivity contribution < 1.29 is 19.7 Å². The molecule has 0 aromatic carbocycles. The summed E-state index contributed by atoms with van der Waals surface area (Å²) in [5.74, 6) is 0.418. The SMILES string of the molecule is COC(=O)[C@]1(C)CCC[C@@]2(C)C3=CC[C@@H]4C[C@@]3(CC[C@H]12)C[C@@]4(O)CO. The largest absolute Gasteiger partial charge is 0.469 e. The standard InChI is InChI=1S/C21H32O4/c1-18-8-4-9-19(2,17(23)25-3)15(18)7-10-20-11-14(5-6-16(18)20)21(24,12-20)13-22/h6,14-15,22,24H,4-5,7-13H2,1-3H3/t14-,15+,18-,19-,20+,21-/m1/s1. The van der Waals surface area contributed by atoms with Crippen LogP contribution in [0.3, 0.4) is 0 Å². The number of carbonyl (C=O) groups is 1. The lowest BCUT2D eigenvalue weighted by Crippen LogP contribution is -2.54. The van der Waals surface area contributed by atoms with Gasteiger partial charge in [-0.25, -0.2) is 0 Å². The van der Waals surface area contributed by atoms with Crippen molar-refractivity contribution in [2.24, 2.45) is 28.1 Å². The van der Waals surface area contributed by atoms with Crippen LogP contribution in [0.25, 0.3) is 0 Å². The highest BCUT2D eigenvalue weighted by molar-refractivity contribution is 5.77. The molecule has 25 heavy (non-hydrogen) atoms. The third-order valence-electron chi connectivity index (χ3n) is 8.60. The van der Waals surface area contributed by atoms with Gasteiger partial charge < -0.3 is 14.9 Å². The minimum absolute atomic E-state index is 0.00508. The monoisotopic (exact) mass is 348 g/mol. The van der Waals surface area contributed by atoms with Gasteiger partial charge in [-0.05, 0) is 74.5 Å². The highest BCUT2D eigenvalue weighted by atomic mass is 16.5. The zero-order chi connectivity index (χ0) is 18.1. The molecule has 4 heteroatoms. The number of carbonyl (C=O) groups excluding carboxylic acids is 1. The van der Waals surface area contributed by atoms with Gasteiger partial charge in [0.15, 0.2) is 0 Å². The maximum Gasteiger partial charge on any atom is 0.311 e. The quantitative estimate of drug-likeness (QED) is 0.594. The Morgan fingerprint density at radius 2 is 2.08 bits per heavy atom. The number of rotatable bonds is 2. The van der Waals surface area contributed by atoms with Gasteiger partial charge in [-0.2, -0.15) is 0 Å². The molecule has 4 rings (SSSR count). The fourth-order valence-corrected chi connectivity index (χ4v) is 7.53. The van der Waals surface area contributed by atoms with Gasteiger partial charge in [-0.15, -0.1) is 0 Å². The van der Waals surface area contributed by atoms with E-state index in [0.29, 0.717) is 12.3 Å². The Labute approximate surface area is 150 Å². The van der Waals surface area contributed by atoms with Crippen LogP contribution in [-0.4, -0.2) is 35.5 Å². The van der Waals surface area contributed by atoms with Gasteiger partial charge >= 0.3 is 5.97 Å². The molecular formula is C21H32O4. The Hall–Kier alpha value is -0.870. The van der Waals surface area contributed by atoms with Crippen molar-refractivity contribution in [3.8, 4) is 0 Å². The van der Waals surface area contributed by atoms with Crippen LogP contribution in [0.5, 0.6) is 0 Å². The summed E-state index contributed by atoms with van der Waals surface area (Å²) in [6, 6.07) is 0. The molecule has 0 radical (unpaired) electrons. The van der Waals surface area contributed by atoms with Crippen LogP contribution in [0, 0.1) is 28.1 Å². The van der Waals surface area contributed by atoms with E-state index in [4.69, 9.17) is 4.74 Å². The Morgan fingerprint density at radius 3 is 2.76 bits per heavy atom. The Morgan fingerprint density at radius 1 is 1.32 bits per heavy atom. The van der Waals surface area contributed by atoms with Crippen LogP contribution in [0.4, 0.5) is 0 Å². The number of aliphatic hydroxyl groups excluding tert-OH is 1. The molecular weight excluding hydrogens is 316 g/mol. The lowest BCUT2D eigenvalue weighted by Gasteiger charge is -2.60. The van der Waals surface area contributed by atoms with Gasteiger partial charge in [0.05, 0.1) is 24.7 Å². The average Bonchev–Trinajstić information content (AvgIpc) is 2.80. The Balaban J connectivity index is 1.75. The lowest BCUT2D eigenvalue weighted by molar-refractivity contribution is -0.165. The van der Waals surface area contributed by atoms with Gasteiger partial charge in [0.2, 0.25) is 0 Å². The Bertz CT molecular complexity index is 627. The first-order valence-corrected chi connectivity index (χ1v) is 9.87. The van der Waals surface area contributed by atoms with E-state index < -0.39 is 11.0 Å². The fourth-order valence-electron chi connectivity index (χ4n) is 7.53. The second-order valence-corrected chi connectivity index (χ2v) is 9.74. The first kappa shape index (κ1) is 17.5. The van der Waals surface area contributed by atoms with Crippen molar-refractivity contribution >= 4 is 5.97 Å². The molecule has 4 aliphatic carbocycles. The molecule has 2 bridgehead atoms. The number of aliphatic hydroxyl groups is 2. The first-order valence-electron chi connectivity index (χ1n) is 9.87. The van der Waals surface area contributed by atoms with Crippen LogP contribution < -0.4 is 0 Å². The van der Waals surface area contributed by atoms with Crippen LogP contribution >= 0.6 is 0 Å². The van der Waals surface area contributed by atoms with Gasteiger partial charge in [-0.3, -0.25) is 4.79 Å². The summed E-state index contributed by atoms with van der Waals surface area (Å²) >= 11 is 0. The number of hydrogen-bond acceptors (Lipinski definition) is 4. The van der Waals surface area contributed by atoms with Gasteiger partial charge in [0.1, 0.15) is 0 Å². The number of hydrogen-bond donors (Lipinski definition) is 2. The molecule has 0 aromatic heterocycles. The molecule has 0 amide bonds. The summed E-state index contributed by atoms with van der Waals surface area (Å²) in [6.07, 6.45) is 9.99. The minimum atomic E-state index is -0.929. The molecule has 4 nitrogen and oxygen atoms in total. The van der Waals surface area contributed by atoms with Gasteiger partial charge in [0.25, 0.3) is 0 Å². The number of methoxy groups -OCH3 is 1. The summed E-state index contributed by atoms with van der Waals surface area (Å²) in [5, 5.41) is 20.8. The summed E-state index contributed by atoms with van der Waals surface area (Å²) in [5.41, 5.74) is 0.173. The van der Waals surface area contributed by atoms with E-state index in [2.05, 4.69) is 19.9 Å². The predicted molar refractivity (Wildman–Crippen MR) is 94.7 cm³/mol. The van der Waals surface area contributed by atoms with E-state index >= 15 is 0 Å². The molecule has 2 N–H and O–H groups in total. The molecule has 4 aliphatic rings. The normalized spacial score (nSPS) is 51.3. The molecule has 0 heterocycles. The van der Waals surface area contributed by atoms with Crippen molar-refractivity contribution in [2.75, 3.05) is 13.7 Å². The van der Waals surface area contributed by atoms with Crippen LogP contribution in [-0.2, 0) is 9.53 Å². The van der Waals surface area contributed by atoms with E-state index in [-0.39, 0.29) is 29.3 Å². The number of fused-ring (bicyclic) bond motifs is 3. The van der Waals surface area contributed by atoms with Crippen LogP contribution in [0.1, 0.15) is 65.2 Å². The zero-order valence-corrected chi connectivity index (χ0v) is 15.8. The van der Waals surface area contributed by atoms with E-state index in [1.165, 1.54) is 12.7 Å². The highest BCUT2D eigenvalue weighted by Gasteiger charge is 2.65. The summed E-state index contributed by atoms with van der Waals surface area (Å²) in [4.78, 5) is 12.6. The molecule has 0 aliphatic heterocycles. The fraction of sp³-hybridized carbons (Fsp3) is 0.857. The molecule has 0 aromatic rings. The van der Waals surface area contributed by atoms with Crippen molar-refractivity contribution in [1.29, 1.82) is 0 Å². The van der Waals surface area contributed by atoms with Crippen molar-refractivity contribution in [2.45, 2.75) is 70.8 Å². The number of ether oxygens (including phenoxy) is 1. The molecule has 1 spiro atoms. The summed E-state index contributed by atoms with van der Waals surface area (Å²) < 4.78 is 5.20. The first-order chi connectivity index (χ1) is 11.7. The number of allylic oxidation sites excluding steroid dienone is 2. The van der Waals surface area contributed by atoms with Gasteiger partial charge in [0, 0.05) is 0 Å². The zero-order valence-electron chi connectivity index (χ0n) is 15.8. The Kier molecular flexibility index (Phi) is 3.73.